The summed E-state index contributed by atoms with van der Waals surface area (Å²) in [6, 6.07) is 17.9. The standard InChI is InChI=1S/C28H29N3O6/c29-16-21(28(34)30-17-25-14-23(32)15-27(33)37-25)13-24-5-6-26(36-24)20-2-1-19-12-22(4-3-18(19)11-20)31-7-9-35-10-8-31/h1-6,11-13,23,25,27,32-33H,7-10,14-15,17H2,(H,30,34)/b21-13+. The zero-order valence-electron chi connectivity index (χ0n) is 20.3. The number of hydrogen-bond acceptors (Lipinski definition) is 8. The predicted molar refractivity (Wildman–Crippen MR) is 137 cm³/mol. The van der Waals surface area contributed by atoms with Crippen molar-refractivity contribution in [2.45, 2.75) is 31.3 Å². The molecule has 0 aliphatic carbocycles. The van der Waals surface area contributed by atoms with Crippen LogP contribution in [0.4, 0.5) is 5.69 Å². The van der Waals surface area contributed by atoms with Crippen LogP contribution in [0.2, 0.25) is 0 Å². The number of nitrogens with one attached hydrogen (secondary N) is 1. The van der Waals surface area contributed by atoms with Crippen molar-refractivity contribution in [1.29, 1.82) is 5.26 Å². The van der Waals surface area contributed by atoms with Crippen LogP contribution in [0.5, 0.6) is 0 Å². The summed E-state index contributed by atoms with van der Waals surface area (Å²) < 4.78 is 16.7. The Morgan fingerprint density at radius 2 is 1.86 bits per heavy atom. The molecule has 2 saturated heterocycles. The maximum atomic E-state index is 12.5. The number of morpholine rings is 1. The van der Waals surface area contributed by atoms with Gasteiger partial charge in [-0.15, -0.1) is 0 Å². The Hall–Kier alpha value is -3.68. The first-order valence-corrected chi connectivity index (χ1v) is 12.4. The van der Waals surface area contributed by atoms with Crippen LogP contribution >= 0.6 is 0 Å². The van der Waals surface area contributed by atoms with Gasteiger partial charge in [-0.2, -0.15) is 5.26 Å². The van der Waals surface area contributed by atoms with Crippen LogP contribution in [0.25, 0.3) is 28.2 Å². The number of ether oxygens (including phenoxy) is 2. The smallest absolute Gasteiger partial charge is 0.262 e. The number of aliphatic hydroxyl groups is 2. The molecule has 2 aromatic carbocycles. The minimum absolute atomic E-state index is 0.0692. The zero-order valence-corrected chi connectivity index (χ0v) is 20.3. The van der Waals surface area contributed by atoms with Crippen molar-refractivity contribution in [1.82, 2.24) is 5.32 Å². The van der Waals surface area contributed by atoms with Gasteiger partial charge in [-0.3, -0.25) is 4.79 Å². The number of aliphatic hydroxyl groups excluding tert-OH is 2. The highest BCUT2D eigenvalue weighted by molar-refractivity contribution is 6.01. The van der Waals surface area contributed by atoms with Crippen molar-refractivity contribution >= 4 is 28.4 Å². The average Bonchev–Trinajstić information content (AvgIpc) is 3.38. The number of benzene rings is 2. The van der Waals surface area contributed by atoms with E-state index in [0.717, 1.165) is 42.6 Å². The van der Waals surface area contributed by atoms with Crippen molar-refractivity contribution in [3.8, 4) is 17.4 Å². The van der Waals surface area contributed by atoms with Crippen molar-refractivity contribution in [3.05, 3.63) is 59.9 Å². The van der Waals surface area contributed by atoms with Gasteiger partial charge in [0.15, 0.2) is 6.29 Å². The number of rotatable bonds is 6. The lowest BCUT2D eigenvalue weighted by Gasteiger charge is -2.30. The van der Waals surface area contributed by atoms with Gasteiger partial charge < -0.3 is 34.3 Å². The van der Waals surface area contributed by atoms with E-state index in [-0.39, 0.29) is 18.5 Å². The molecule has 9 heteroatoms. The van der Waals surface area contributed by atoms with E-state index in [1.807, 2.05) is 12.1 Å². The third kappa shape index (κ3) is 6.01. The molecule has 5 rings (SSSR count). The first kappa shape index (κ1) is 25.0. The fraction of sp³-hybridized carbons (Fsp3) is 0.357. The second kappa shape index (κ2) is 11.2. The Labute approximate surface area is 214 Å². The Morgan fingerprint density at radius 1 is 1.08 bits per heavy atom. The summed E-state index contributed by atoms with van der Waals surface area (Å²) in [6.07, 6.45) is -0.470. The third-order valence-corrected chi connectivity index (χ3v) is 6.61. The number of furan rings is 1. The molecule has 2 fully saturated rings. The van der Waals surface area contributed by atoms with E-state index in [1.165, 1.54) is 11.8 Å². The molecule has 192 valence electrons. The summed E-state index contributed by atoms with van der Waals surface area (Å²) in [5.74, 6) is 0.422. The number of carbonyl (C=O) groups is 1. The zero-order chi connectivity index (χ0) is 25.8. The van der Waals surface area contributed by atoms with Gasteiger partial charge >= 0.3 is 0 Å². The maximum Gasteiger partial charge on any atom is 0.262 e. The van der Waals surface area contributed by atoms with E-state index in [1.54, 1.807) is 12.1 Å². The molecule has 37 heavy (non-hydrogen) atoms. The monoisotopic (exact) mass is 503 g/mol. The fourth-order valence-electron chi connectivity index (χ4n) is 4.68. The fourth-order valence-corrected chi connectivity index (χ4v) is 4.68. The van der Waals surface area contributed by atoms with E-state index in [2.05, 4.69) is 40.5 Å². The molecule has 3 N–H and O–H groups in total. The maximum absolute atomic E-state index is 12.5. The molecule has 1 amide bonds. The summed E-state index contributed by atoms with van der Waals surface area (Å²) in [7, 11) is 0. The van der Waals surface area contributed by atoms with Gasteiger partial charge in [0.05, 0.1) is 25.4 Å². The average molecular weight is 504 g/mol. The lowest BCUT2D eigenvalue weighted by molar-refractivity contribution is -0.187. The van der Waals surface area contributed by atoms with Crippen molar-refractivity contribution in [3.63, 3.8) is 0 Å². The number of fused-ring (bicyclic) bond motifs is 1. The SMILES string of the molecule is N#C/C(=C\c1ccc(-c2ccc3cc(N4CCOCC4)ccc3c2)o1)C(=O)NCC1CC(O)CC(O)O1. The minimum Gasteiger partial charge on any atom is -0.457 e. The molecule has 2 aliphatic rings. The van der Waals surface area contributed by atoms with Gasteiger partial charge in [0, 0.05) is 49.8 Å². The lowest BCUT2D eigenvalue weighted by Crippen LogP contribution is -2.42. The van der Waals surface area contributed by atoms with Crippen LogP contribution in [0.1, 0.15) is 18.6 Å². The number of anilines is 1. The Balaban J connectivity index is 1.26. The van der Waals surface area contributed by atoms with Gasteiger partial charge in [-0.05, 0) is 41.1 Å². The van der Waals surface area contributed by atoms with Crippen LogP contribution in [-0.4, -0.2) is 67.5 Å². The molecule has 3 aromatic rings. The molecule has 3 unspecified atom stereocenters. The molecule has 3 atom stereocenters. The van der Waals surface area contributed by atoms with E-state index >= 15 is 0 Å². The van der Waals surface area contributed by atoms with Crippen LogP contribution in [-0.2, 0) is 14.3 Å². The second-order valence-corrected chi connectivity index (χ2v) is 9.27. The van der Waals surface area contributed by atoms with Crippen molar-refractivity contribution < 1.29 is 28.9 Å². The largest absolute Gasteiger partial charge is 0.457 e. The molecule has 1 aromatic heterocycles. The Bertz CT molecular complexity index is 1330. The topological polar surface area (TPSA) is 128 Å². The van der Waals surface area contributed by atoms with Crippen LogP contribution in [0.15, 0.2) is 58.5 Å². The molecule has 2 aliphatic heterocycles. The van der Waals surface area contributed by atoms with Crippen molar-refractivity contribution in [2.75, 3.05) is 37.7 Å². The third-order valence-electron chi connectivity index (χ3n) is 6.61. The highest BCUT2D eigenvalue weighted by atomic mass is 16.6. The molecule has 3 heterocycles. The molecule has 9 nitrogen and oxygen atoms in total. The normalized spacial score (nSPS) is 22.6. The van der Waals surface area contributed by atoms with Crippen molar-refractivity contribution in [2.24, 2.45) is 0 Å². The number of nitrogens with zero attached hydrogens (tertiary/aromatic N) is 2. The summed E-state index contributed by atoms with van der Waals surface area (Å²) in [5.41, 5.74) is 1.95. The van der Waals surface area contributed by atoms with Gasteiger partial charge in [0.2, 0.25) is 0 Å². The van der Waals surface area contributed by atoms with Gasteiger partial charge in [-0.25, -0.2) is 0 Å². The Kier molecular flexibility index (Phi) is 7.53. The summed E-state index contributed by atoms with van der Waals surface area (Å²) >= 11 is 0. The summed E-state index contributed by atoms with van der Waals surface area (Å²) in [5, 5.41) is 33.7. The molecule has 0 saturated carbocycles. The van der Waals surface area contributed by atoms with Gasteiger partial charge in [0.1, 0.15) is 23.2 Å². The molecular formula is C28H29N3O6. The minimum atomic E-state index is -1.07. The number of hydrogen-bond donors (Lipinski definition) is 3. The first-order valence-electron chi connectivity index (χ1n) is 12.4. The van der Waals surface area contributed by atoms with E-state index in [4.69, 9.17) is 13.9 Å². The molecular weight excluding hydrogens is 474 g/mol. The summed E-state index contributed by atoms with van der Waals surface area (Å²) in [6.45, 7) is 3.32. The molecule has 0 bridgehead atoms. The second-order valence-electron chi connectivity index (χ2n) is 9.27. The van der Waals surface area contributed by atoms with Gasteiger partial charge in [0.25, 0.3) is 5.91 Å². The van der Waals surface area contributed by atoms with E-state index in [0.29, 0.717) is 17.9 Å². The lowest BCUT2D eigenvalue weighted by atomic mass is 10.0. The van der Waals surface area contributed by atoms with E-state index < -0.39 is 24.4 Å². The molecule has 0 spiro atoms. The van der Waals surface area contributed by atoms with Gasteiger partial charge in [-0.1, -0.05) is 18.2 Å². The quantitative estimate of drug-likeness (QED) is 0.346. The van der Waals surface area contributed by atoms with E-state index in [9.17, 15) is 20.3 Å². The number of amides is 1. The number of carbonyl (C=O) groups excluding carboxylic acids is 1. The predicted octanol–water partition coefficient (Wildman–Crippen LogP) is 2.82. The van der Waals surface area contributed by atoms with Crippen LogP contribution < -0.4 is 10.2 Å². The first-order chi connectivity index (χ1) is 18.0. The van der Waals surface area contributed by atoms with Crippen LogP contribution in [0.3, 0.4) is 0 Å². The highest BCUT2D eigenvalue weighted by Crippen LogP contribution is 2.29. The number of nitriles is 1. The Morgan fingerprint density at radius 3 is 2.65 bits per heavy atom. The molecule has 0 radical (unpaired) electrons. The highest BCUT2D eigenvalue weighted by Gasteiger charge is 2.27. The van der Waals surface area contributed by atoms with Crippen LogP contribution in [0, 0.1) is 11.3 Å². The summed E-state index contributed by atoms with van der Waals surface area (Å²) in [4.78, 5) is 14.8.